The summed E-state index contributed by atoms with van der Waals surface area (Å²) in [5.41, 5.74) is 8.04. The minimum Gasteiger partial charge on any atom is -0.455 e. The molecule has 0 atom stereocenters. The van der Waals surface area contributed by atoms with Crippen molar-refractivity contribution in [3.8, 4) is 33.8 Å². The summed E-state index contributed by atoms with van der Waals surface area (Å²) in [5, 5.41) is 7.91. The highest BCUT2D eigenvalue weighted by molar-refractivity contribution is 7.26. The van der Waals surface area contributed by atoms with E-state index in [4.69, 9.17) is 14.4 Å². The Morgan fingerprint density at radius 3 is 2.15 bits per heavy atom. The van der Waals surface area contributed by atoms with Crippen LogP contribution in [0.3, 0.4) is 0 Å². The Hall–Kier alpha value is -5.84. The van der Waals surface area contributed by atoms with E-state index >= 15 is 0 Å². The normalized spacial score (nSPS) is 11.9. The summed E-state index contributed by atoms with van der Waals surface area (Å²) in [7, 11) is 0. The van der Waals surface area contributed by atoms with E-state index in [-0.39, 0.29) is 0 Å². The Labute approximate surface area is 268 Å². The van der Waals surface area contributed by atoms with Gasteiger partial charge in [-0.1, -0.05) is 121 Å². The molecular weight excluding hydrogens is 581 g/mol. The van der Waals surface area contributed by atoms with E-state index in [0.29, 0.717) is 5.82 Å². The van der Waals surface area contributed by atoms with E-state index in [2.05, 4.69) is 146 Å². The quantitative estimate of drug-likeness (QED) is 0.201. The number of aromatic nitrogens is 2. The maximum Gasteiger partial charge on any atom is 0.161 e. The number of thiophene rings is 1. The Bertz CT molecular complexity index is 2810. The molecule has 0 aliphatic heterocycles. The predicted octanol–water partition coefficient (Wildman–Crippen LogP) is 12.1. The predicted molar refractivity (Wildman–Crippen MR) is 194 cm³/mol. The second kappa shape index (κ2) is 9.83. The lowest BCUT2D eigenvalue weighted by Crippen LogP contribution is -1.94. The van der Waals surface area contributed by atoms with Crippen LogP contribution in [0.15, 0.2) is 150 Å². The maximum atomic E-state index is 6.67. The molecule has 0 aliphatic rings. The molecule has 0 bridgehead atoms. The van der Waals surface area contributed by atoms with Crippen LogP contribution in [-0.4, -0.2) is 9.97 Å². The van der Waals surface area contributed by atoms with Crippen LogP contribution >= 0.6 is 11.3 Å². The second-order valence-electron chi connectivity index (χ2n) is 11.7. The van der Waals surface area contributed by atoms with E-state index in [1.54, 1.807) is 11.3 Å². The Morgan fingerprint density at radius 1 is 0.500 bits per heavy atom. The van der Waals surface area contributed by atoms with Crippen molar-refractivity contribution in [3.63, 3.8) is 0 Å². The van der Waals surface area contributed by atoms with Gasteiger partial charge in [-0.25, -0.2) is 9.97 Å². The topological polar surface area (TPSA) is 38.9 Å². The first-order chi connectivity index (χ1) is 22.8. The van der Waals surface area contributed by atoms with Crippen LogP contribution in [0.5, 0.6) is 0 Å². The number of furan rings is 1. The van der Waals surface area contributed by atoms with E-state index in [1.165, 1.54) is 32.0 Å². The fourth-order valence-electron chi connectivity index (χ4n) is 6.93. The Kier molecular flexibility index (Phi) is 5.45. The van der Waals surface area contributed by atoms with Crippen molar-refractivity contribution in [1.82, 2.24) is 9.97 Å². The molecule has 0 aliphatic carbocycles. The molecule has 10 aromatic rings. The molecule has 0 saturated carbocycles. The van der Waals surface area contributed by atoms with E-state index in [1.807, 2.05) is 0 Å². The molecule has 3 nitrogen and oxygen atoms in total. The monoisotopic (exact) mass is 604 g/mol. The van der Waals surface area contributed by atoms with Crippen LogP contribution in [0.2, 0.25) is 0 Å². The van der Waals surface area contributed by atoms with Crippen molar-refractivity contribution in [2.75, 3.05) is 0 Å². The van der Waals surface area contributed by atoms with Crippen molar-refractivity contribution in [2.24, 2.45) is 0 Å². The van der Waals surface area contributed by atoms with Crippen LogP contribution in [0, 0.1) is 0 Å². The molecule has 0 radical (unpaired) electrons. The fraction of sp³-hybridized carbons (Fsp3) is 0. The minimum atomic E-state index is 0.696. The van der Waals surface area contributed by atoms with Crippen molar-refractivity contribution >= 4 is 75.1 Å². The molecule has 0 spiro atoms. The molecule has 4 heteroatoms. The van der Waals surface area contributed by atoms with E-state index in [9.17, 15) is 0 Å². The lowest BCUT2D eigenvalue weighted by atomic mass is 9.94. The van der Waals surface area contributed by atoms with E-state index in [0.717, 1.165) is 59.7 Å². The lowest BCUT2D eigenvalue weighted by molar-refractivity contribution is 0.673. The number of fused-ring (bicyclic) bond motifs is 9. The zero-order valence-electron chi connectivity index (χ0n) is 24.6. The highest BCUT2D eigenvalue weighted by Crippen LogP contribution is 2.44. The van der Waals surface area contributed by atoms with Crippen molar-refractivity contribution in [2.45, 2.75) is 0 Å². The molecule has 7 aromatic carbocycles. The van der Waals surface area contributed by atoms with Crippen LogP contribution in [0.25, 0.3) is 97.6 Å². The minimum absolute atomic E-state index is 0.696. The molecule has 3 aromatic heterocycles. The van der Waals surface area contributed by atoms with Gasteiger partial charge in [0, 0.05) is 37.4 Å². The smallest absolute Gasteiger partial charge is 0.161 e. The Balaban J connectivity index is 1.31. The largest absolute Gasteiger partial charge is 0.455 e. The maximum absolute atomic E-state index is 6.67. The first kappa shape index (κ1) is 25.5. The summed E-state index contributed by atoms with van der Waals surface area (Å²) in [4.78, 5) is 10.7. The van der Waals surface area contributed by atoms with Crippen molar-refractivity contribution in [3.05, 3.63) is 146 Å². The molecule has 0 fully saturated rings. The summed E-state index contributed by atoms with van der Waals surface area (Å²) < 4.78 is 8.98. The molecule has 0 N–H and O–H groups in total. The zero-order chi connectivity index (χ0) is 30.2. The summed E-state index contributed by atoms with van der Waals surface area (Å²) in [5.74, 6) is 0.696. The standard InChI is InChI=1S/C42H24N2OS/c1-2-12-26(13-3-1)33-24-34-37-32(18-10-19-35(37)45-40(34)30-16-7-6-15-29(30)33)42-43-38(28-22-21-25-11-4-5-14-27(25)23-28)41-39(44-42)31-17-8-9-20-36(31)46-41/h1-24H. The van der Waals surface area contributed by atoms with Gasteiger partial charge in [0.2, 0.25) is 0 Å². The summed E-state index contributed by atoms with van der Waals surface area (Å²) in [6, 6.07) is 51.2. The summed E-state index contributed by atoms with van der Waals surface area (Å²) >= 11 is 1.76. The van der Waals surface area contributed by atoms with Gasteiger partial charge in [0.25, 0.3) is 0 Å². The third-order valence-corrected chi connectivity index (χ3v) is 10.2. The number of hydrogen-bond donors (Lipinski definition) is 0. The highest BCUT2D eigenvalue weighted by atomic mass is 32.1. The van der Waals surface area contributed by atoms with Gasteiger partial charge in [-0.3, -0.25) is 0 Å². The molecule has 3 heterocycles. The van der Waals surface area contributed by atoms with Gasteiger partial charge in [-0.15, -0.1) is 11.3 Å². The number of hydrogen-bond acceptors (Lipinski definition) is 4. The molecule has 0 amide bonds. The van der Waals surface area contributed by atoms with Crippen LogP contribution in [-0.2, 0) is 0 Å². The second-order valence-corrected chi connectivity index (χ2v) is 12.8. The SMILES string of the molecule is c1ccc(-c2cc3c(oc4cccc(-c5nc(-c6ccc7ccccc7c6)c6sc7ccccc7c6n5)c43)c3ccccc23)cc1. The molecule has 46 heavy (non-hydrogen) atoms. The number of rotatable bonds is 3. The van der Waals surface area contributed by atoms with Crippen molar-refractivity contribution in [1.29, 1.82) is 0 Å². The van der Waals surface area contributed by atoms with Gasteiger partial charge < -0.3 is 4.42 Å². The fourth-order valence-corrected chi connectivity index (χ4v) is 8.09. The third kappa shape index (κ3) is 3.77. The molecule has 0 saturated heterocycles. The Morgan fingerprint density at radius 2 is 1.26 bits per heavy atom. The van der Waals surface area contributed by atoms with Crippen LogP contribution < -0.4 is 0 Å². The zero-order valence-corrected chi connectivity index (χ0v) is 25.4. The van der Waals surface area contributed by atoms with Crippen LogP contribution in [0.4, 0.5) is 0 Å². The van der Waals surface area contributed by atoms with Crippen molar-refractivity contribution < 1.29 is 4.42 Å². The highest BCUT2D eigenvalue weighted by Gasteiger charge is 2.21. The summed E-state index contributed by atoms with van der Waals surface area (Å²) in [6.07, 6.45) is 0. The van der Waals surface area contributed by atoms with E-state index < -0.39 is 0 Å². The number of benzene rings is 7. The average molecular weight is 605 g/mol. The number of nitrogens with zero attached hydrogens (tertiary/aromatic N) is 2. The van der Waals surface area contributed by atoms with Crippen LogP contribution in [0.1, 0.15) is 0 Å². The van der Waals surface area contributed by atoms with Gasteiger partial charge in [0.05, 0.1) is 15.9 Å². The van der Waals surface area contributed by atoms with Gasteiger partial charge in [0.1, 0.15) is 11.2 Å². The molecular formula is C42H24N2OS. The lowest BCUT2D eigenvalue weighted by Gasteiger charge is -2.10. The van der Waals surface area contributed by atoms with Gasteiger partial charge in [-0.2, -0.15) is 0 Å². The van der Waals surface area contributed by atoms with Gasteiger partial charge >= 0.3 is 0 Å². The molecule has 214 valence electrons. The first-order valence-corrected chi connectivity index (χ1v) is 16.2. The van der Waals surface area contributed by atoms with Gasteiger partial charge in [-0.05, 0) is 51.6 Å². The molecule has 0 unspecified atom stereocenters. The average Bonchev–Trinajstić information content (AvgIpc) is 3.70. The van der Waals surface area contributed by atoms with Gasteiger partial charge in [0.15, 0.2) is 5.82 Å². The summed E-state index contributed by atoms with van der Waals surface area (Å²) in [6.45, 7) is 0. The first-order valence-electron chi connectivity index (χ1n) is 15.4. The molecule has 10 rings (SSSR count). The third-order valence-electron chi connectivity index (χ3n) is 9.07.